The normalized spacial score (nSPS) is 15.0. The maximum Gasteiger partial charge on any atom is 0.296 e. The Hall–Kier alpha value is -0.351. The molecule has 0 N–H and O–H groups in total. The largest absolute Gasteiger partial charge is 0.296 e. The van der Waals surface area contributed by atoms with Gasteiger partial charge in [-0.3, -0.25) is 4.18 Å². The Morgan fingerprint density at radius 2 is 1.85 bits per heavy atom. The summed E-state index contributed by atoms with van der Waals surface area (Å²) in [6.45, 7) is 1.79. The minimum Gasteiger partial charge on any atom is -0.270 e. The van der Waals surface area contributed by atoms with Gasteiger partial charge in [-0.25, -0.2) is 0 Å². The molecule has 72 valence electrons. The minimum atomic E-state index is -4.20. The van der Waals surface area contributed by atoms with Crippen molar-refractivity contribution in [3.8, 4) is 0 Å². The Bertz CT molecular complexity index is 439. The second-order valence-corrected chi connectivity index (χ2v) is 3.90. The number of benzene rings is 1. The van der Waals surface area contributed by atoms with E-state index in [9.17, 15) is 8.42 Å². The van der Waals surface area contributed by atoms with E-state index in [1.807, 2.05) is 0 Å². The molecule has 0 saturated carbocycles. The van der Waals surface area contributed by atoms with E-state index < -0.39 is 17.2 Å². The van der Waals surface area contributed by atoms with Gasteiger partial charge < -0.3 is 0 Å². The van der Waals surface area contributed by atoms with E-state index in [2.05, 4.69) is 4.18 Å². The van der Waals surface area contributed by atoms with Crippen LogP contribution in [0.15, 0.2) is 29.2 Å². The number of aryl methyl sites for hydroxylation is 1. The summed E-state index contributed by atoms with van der Waals surface area (Å²) >= 11 is 0. The van der Waals surface area contributed by atoms with E-state index in [-0.39, 0.29) is 22.0 Å². The first-order valence-corrected chi connectivity index (χ1v) is 4.64. The van der Waals surface area contributed by atoms with Crippen molar-refractivity contribution in [1.29, 1.82) is 0 Å². The van der Waals surface area contributed by atoms with Crippen LogP contribution in [0.1, 0.15) is 9.68 Å². The first-order chi connectivity index (χ1) is 6.71. The second-order valence-electron chi connectivity index (χ2n) is 2.35. The summed E-state index contributed by atoms with van der Waals surface area (Å²) in [6.07, 6.45) is 0. The predicted octanol–water partition coefficient (Wildman–Crippen LogP) is 0.949. The fourth-order valence-corrected chi connectivity index (χ4v) is 1.32. The predicted molar refractivity (Wildman–Crippen MR) is 51.1 cm³/mol. The average Bonchev–Trinajstić information content (AvgIpc) is 2.00. The van der Waals surface area contributed by atoms with Gasteiger partial charge >= 0.3 is 0 Å². The molecule has 1 aromatic rings. The van der Waals surface area contributed by atoms with Crippen LogP contribution in [-0.2, 0) is 14.3 Å². The van der Waals surface area contributed by atoms with Crippen LogP contribution in [0.3, 0.4) is 0 Å². The molecule has 0 spiro atoms. The molecule has 0 amide bonds. The van der Waals surface area contributed by atoms with Crippen LogP contribution in [0, 0.1) is 6.92 Å². The van der Waals surface area contributed by atoms with Gasteiger partial charge in [-0.2, -0.15) is 8.42 Å². The van der Waals surface area contributed by atoms with E-state index in [4.69, 9.17) is 4.11 Å². The molecular weight excluding hydrogens is 255 g/mol. The van der Waals surface area contributed by atoms with Gasteiger partial charge in [0.1, 0.15) is 0 Å². The third-order valence-corrected chi connectivity index (χ3v) is 2.49. The van der Waals surface area contributed by atoms with Crippen LogP contribution in [0.5, 0.6) is 0 Å². The molecule has 1 aromatic carbocycles. The Kier molecular flexibility index (Phi) is 2.93. The van der Waals surface area contributed by atoms with Crippen molar-refractivity contribution >= 4 is 27.2 Å². The maximum absolute atomic E-state index is 11.4. The van der Waals surface area contributed by atoms with Gasteiger partial charge in [-0.05, 0) is 19.1 Å². The molecule has 0 aliphatic heterocycles. The molecule has 0 atom stereocenters. The van der Waals surface area contributed by atoms with Crippen molar-refractivity contribution in [3.63, 3.8) is 0 Å². The Labute approximate surface area is 92.9 Å². The quantitative estimate of drug-likeness (QED) is 0.592. The van der Waals surface area contributed by atoms with E-state index in [0.29, 0.717) is 0 Å². The summed E-state index contributed by atoms with van der Waals surface area (Å²) in [5.74, 6) is 0. The fraction of sp³-hybridized carbons (Fsp3) is 0.250. The van der Waals surface area contributed by atoms with E-state index >= 15 is 0 Å². The molecule has 3 nitrogen and oxygen atoms in total. The van der Waals surface area contributed by atoms with Crippen molar-refractivity contribution < 1.29 is 16.7 Å². The van der Waals surface area contributed by atoms with Gasteiger partial charge in [0.15, 0.2) is 0 Å². The van der Waals surface area contributed by atoms with Crippen molar-refractivity contribution in [1.82, 2.24) is 0 Å². The van der Waals surface area contributed by atoms with Gasteiger partial charge in [0.25, 0.3) is 10.1 Å². The van der Waals surface area contributed by atoms with E-state index in [1.54, 1.807) is 19.1 Å². The summed E-state index contributed by atoms with van der Waals surface area (Å²) in [5, 5.41) is 0. The van der Waals surface area contributed by atoms with Crippen LogP contribution in [-0.4, -0.2) is 32.5 Å². The zero-order chi connectivity index (χ0) is 11.7. The zero-order valence-corrected chi connectivity index (χ0v) is 9.38. The smallest absolute Gasteiger partial charge is 0.270 e. The maximum atomic E-state index is 11.4. The van der Waals surface area contributed by atoms with Crippen LogP contribution >= 0.6 is 0 Å². The van der Waals surface area contributed by atoms with Crippen LogP contribution in [0.25, 0.3) is 0 Å². The van der Waals surface area contributed by atoms with E-state index in [1.165, 1.54) is 12.1 Å². The summed E-state index contributed by atoms with van der Waals surface area (Å²) < 4.78 is 46.9. The third-order valence-electron chi connectivity index (χ3n) is 1.42. The number of hydrogen-bond acceptors (Lipinski definition) is 3. The average molecular weight is 268 g/mol. The van der Waals surface area contributed by atoms with Crippen molar-refractivity contribution in [2.24, 2.45) is 0 Å². The molecule has 2 radical (unpaired) electrons. The molecule has 0 bridgehead atoms. The SMILES string of the molecule is [2H]C([2H])([2H])OS(=O)(=O)c1ccc(C)cc1.[Se]. The molecule has 0 fully saturated rings. The van der Waals surface area contributed by atoms with Gasteiger partial charge in [0.05, 0.1) is 16.0 Å². The Morgan fingerprint density at radius 3 is 2.31 bits per heavy atom. The molecule has 0 aliphatic carbocycles. The van der Waals surface area contributed by atoms with Crippen LogP contribution < -0.4 is 0 Å². The molecule has 13 heavy (non-hydrogen) atoms. The van der Waals surface area contributed by atoms with Gasteiger partial charge in [0.2, 0.25) is 0 Å². The van der Waals surface area contributed by atoms with E-state index in [0.717, 1.165) is 5.56 Å². The molecule has 0 aromatic heterocycles. The number of rotatable bonds is 2. The van der Waals surface area contributed by atoms with Crippen molar-refractivity contribution in [2.75, 3.05) is 7.04 Å². The topological polar surface area (TPSA) is 43.4 Å². The molecule has 1 rings (SSSR count). The minimum absolute atomic E-state index is 0. The molecule has 5 heteroatoms. The number of hydrogen-bond donors (Lipinski definition) is 0. The van der Waals surface area contributed by atoms with Crippen LogP contribution in [0.2, 0.25) is 0 Å². The standard InChI is InChI=1S/C8H10O3S.Se/c1-7-3-5-8(6-4-7)12(9,10)11-2;/h3-6H,1-2H3;/i2D3;. The molecular formula is C8H10O3SSe. The fourth-order valence-electron chi connectivity index (χ4n) is 0.753. The summed E-state index contributed by atoms with van der Waals surface area (Å²) in [5.41, 5.74) is 0.878. The summed E-state index contributed by atoms with van der Waals surface area (Å²) in [7, 11) is -7.15. The van der Waals surface area contributed by atoms with Crippen molar-refractivity contribution in [3.05, 3.63) is 29.8 Å². The molecule has 0 unspecified atom stereocenters. The second kappa shape index (κ2) is 4.77. The zero-order valence-electron chi connectivity index (χ0n) is 9.85. The summed E-state index contributed by atoms with van der Waals surface area (Å²) in [6, 6.07) is 5.73. The van der Waals surface area contributed by atoms with Gasteiger partial charge in [-0.15, -0.1) is 0 Å². The van der Waals surface area contributed by atoms with Crippen LogP contribution in [0.4, 0.5) is 0 Å². The van der Waals surface area contributed by atoms with Gasteiger partial charge in [0, 0.05) is 17.1 Å². The first kappa shape index (κ1) is 8.00. The van der Waals surface area contributed by atoms with Gasteiger partial charge in [-0.1, -0.05) is 17.7 Å². The third kappa shape index (κ3) is 3.12. The monoisotopic (exact) mass is 269 g/mol. The molecule has 0 aliphatic rings. The molecule has 0 heterocycles. The molecule has 0 saturated heterocycles. The van der Waals surface area contributed by atoms with Crippen molar-refractivity contribution in [2.45, 2.75) is 11.8 Å². The first-order valence-electron chi connectivity index (χ1n) is 4.73. The summed E-state index contributed by atoms with van der Waals surface area (Å²) in [4.78, 5) is -0.163. The Morgan fingerprint density at radius 1 is 1.31 bits per heavy atom. The Balaban J connectivity index is 0.00000225.